The third-order valence-electron chi connectivity index (χ3n) is 3.09. The van der Waals surface area contributed by atoms with E-state index in [2.05, 4.69) is 15.1 Å². The smallest absolute Gasteiger partial charge is 0.196 e. The molecule has 1 fully saturated rings. The Morgan fingerprint density at radius 3 is 3.06 bits per heavy atom. The molecule has 2 aromatic heterocycles. The summed E-state index contributed by atoms with van der Waals surface area (Å²) in [5, 5.41) is 22.8. The first-order valence-corrected chi connectivity index (χ1v) is 5.59. The molecule has 3 heterocycles. The molecular formula is C10H13N5O3. The Balaban J connectivity index is 1.99. The Morgan fingerprint density at radius 2 is 2.33 bits per heavy atom. The molecule has 0 aliphatic carbocycles. The summed E-state index contributed by atoms with van der Waals surface area (Å²) in [6.07, 6.45) is 1.70. The summed E-state index contributed by atoms with van der Waals surface area (Å²) in [6, 6.07) is 0. The molecule has 1 saturated heterocycles. The van der Waals surface area contributed by atoms with Crippen LogP contribution in [-0.2, 0) is 4.74 Å². The maximum absolute atomic E-state index is 9.71. The van der Waals surface area contributed by atoms with Gasteiger partial charge in [-0.25, -0.2) is 14.5 Å². The first-order valence-electron chi connectivity index (χ1n) is 5.59. The summed E-state index contributed by atoms with van der Waals surface area (Å²) in [7, 11) is 0. The number of hydrogen-bond donors (Lipinski definition) is 3. The number of aliphatic hydroxyl groups excluding tert-OH is 2. The third-order valence-corrected chi connectivity index (χ3v) is 3.09. The molecule has 8 nitrogen and oxygen atoms in total. The van der Waals surface area contributed by atoms with E-state index in [0.29, 0.717) is 17.8 Å². The Labute approximate surface area is 102 Å². The van der Waals surface area contributed by atoms with E-state index in [-0.39, 0.29) is 18.5 Å². The van der Waals surface area contributed by atoms with E-state index in [4.69, 9.17) is 15.6 Å². The van der Waals surface area contributed by atoms with Gasteiger partial charge in [-0.3, -0.25) is 0 Å². The van der Waals surface area contributed by atoms with Crippen LogP contribution in [0.1, 0.15) is 18.2 Å². The lowest BCUT2D eigenvalue weighted by atomic mass is 10.1. The van der Waals surface area contributed by atoms with Gasteiger partial charge in [-0.15, -0.1) is 0 Å². The monoisotopic (exact) mass is 251 g/mol. The van der Waals surface area contributed by atoms with E-state index >= 15 is 0 Å². The van der Waals surface area contributed by atoms with Crippen LogP contribution in [0.5, 0.6) is 0 Å². The van der Waals surface area contributed by atoms with Crippen LogP contribution in [-0.4, -0.2) is 48.6 Å². The van der Waals surface area contributed by atoms with Crippen LogP contribution in [0.3, 0.4) is 0 Å². The molecule has 0 bridgehead atoms. The van der Waals surface area contributed by atoms with Gasteiger partial charge in [0.15, 0.2) is 11.5 Å². The molecule has 8 heteroatoms. The van der Waals surface area contributed by atoms with Crippen molar-refractivity contribution in [1.29, 1.82) is 0 Å². The zero-order valence-corrected chi connectivity index (χ0v) is 9.47. The van der Waals surface area contributed by atoms with Crippen LogP contribution in [0.4, 0.5) is 5.82 Å². The zero-order chi connectivity index (χ0) is 12.7. The maximum atomic E-state index is 9.71. The van der Waals surface area contributed by atoms with Gasteiger partial charge >= 0.3 is 0 Å². The van der Waals surface area contributed by atoms with Gasteiger partial charge in [0, 0.05) is 6.42 Å². The molecule has 96 valence electrons. The van der Waals surface area contributed by atoms with Crippen molar-refractivity contribution in [2.75, 3.05) is 12.3 Å². The molecule has 1 aliphatic rings. The van der Waals surface area contributed by atoms with E-state index in [1.54, 1.807) is 10.7 Å². The Morgan fingerprint density at radius 1 is 1.50 bits per heavy atom. The second-order valence-electron chi connectivity index (χ2n) is 4.21. The molecule has 0 unspecified atom stereocenters. The van der Waals surface area contributed by atoms with E-state index in [0.717, 1.165) is 0 Å². The highest BCUT2D eigenvalue weighted by Crippen LogP contribution is 2.33. The molecule has 1 aliphatic heterocycles. The number of hydrogen-bond acceptors (Lipinski definition) is 7. The average Bonchev–Trinajstić information content (AvgIpc) is 2.93. The number of nitrogen functional groups attached to an aromatic ring is 1. The summed E-state index contributed by atoms with van der Waals surface area (Å²) in [5.41, 5.74) is 6.83. The number of imidazole rings is 1. The lowest BCUT2D eigenvalue weighted by Crippen LogP contribution is -2.24. The quantitative estimate of drug-likeness (QED) is 0.619. The third kappa shape index (κ3) is 1.62. The number of nitrogens with two attached hydrogens (primary N) is 1. The highest BCUT2D eigenvalue weighted by Gasteiger charge is 2.36. The maximum Gasteiger partial charge on any atom is 0.196 e. The van der Waals surface area contributed by atoms with Crippen molar-refractivity contribution >= 4 is 11.5 Å². The van der Waals surface area contributed by atoms with Gasteiger partial charge in [-0.05, 0) is 0 Å². The van der Waals surface area contributed by atoms with E-state index in [1.807, 2.05) is 0 Å². The van der Waals surface area contributed by atoms with Crippen molar-refractivity contribution in [3.8, 4) is 0 Å². The Bertz CT molecular complexity index is 572. The first-order chi connectivity index (χ1) is 8.70. The van der Waals surface area contributed by atoms with Crippen LogP contribution in [0, 0.1) is 0 Å². The molecule has 0 aromatic carbocycles. The number of ether oxygens (including phenoxy) is 1. The average molecular weight is 251 g/mol. The lowest BCUT2D eigenvalue weighted by molar-refractivity contribution is -0.0240. The van der Waals surface area contributed by atoms with Gasteiger partial charge in [0.2, 0.25) is 0 Å². The van der Waals surface area contributed by atoms with Crippen molar-refractivity contribution in [3.05, 3.63) is 18.2 Å². The highest BCUT2D eigenvalue weighted by molar-refractivity contribution is 5.58. The summed E-state index contributed by atoms with van der Waals surface area (Å²) in [6.45, 7) is -0.217. The summed E-state index contributed by atoms with van der Waals surface area (Å²) in [5.74, 6) is 0.286. The van der Waals surface area contributed by atoms with Crippen molar-refractivity contribution in [1.82, 2.24) is 19.6 Å². The molecule has 0 amide bonds. The van der Waals surface area contributed by atoms with Gasteiger partial charge in [0.05, 0.1) is 24.6 Å². The molecule has 2 aromatic rings. The predicted octanol–water partition coefficient (Wildman–Crippen LogP) is -1.11. The van der Waals surface area contributed by atoms with E-state index in [1.165, 1.54) is 6.33 Å². The number of rotatable bonds is 2. The lowest BCUT2D eigenvalue weighted by Gasteiger charge is -2.11. The largest absolute Gasteiger partial charge is 0.394 e. The summed E-state index contributed by atoms with van der Waals surface area (Å²) < 4.78 is 7.09. The topological polar surface area (TPSA) is 119 Å². The van der Waals surface area contributed by atoms with Crippen molar-refractivity contribution in [3.63, 3.8) is 0 Å². The fraction of sp³-hybridized carbons (Fsp3) is 0.500. The van der Waals surface area contributed by atoms with Gasteiger partial charge in [-0.2, -0.15) is 5.10 Å². The second kappa shape index (κ2) is 4.16. The predicted molar refractivity (Wildman–Crippen MR) is 60.5 cm³/mol. The molecule has 0 saturated carbocycles. The normalized spacial score (nSPS) is 28.0. The number of anilines is 1. The Hall–Kier alpha value is -1.77. The number of fused-ring (bicyclic) bond motifs is 1. The summed E-state index contributed by atoms with van der Waals surface area (Å²) >= 11 is 0. The summed E-state index contributed by atoms with van der Waals surface area (Å²) in [4.78, 5) is 7.97. The molecule has 18 heavy (non-hydrogen) atoms. The van der Waals surface area contributed by atoms with Crippen LogP contribution in [0.15, 0.2) is 12.5 Å². The second-order valence-corrected chi connectivity index (χ2v) is 4.21. The minimum atomic E-state index is -0.690. The van der Waals surface area contributed by atoms with Gasteiger partial charge < -0.3 is 20.7 Å². The zero-order valence-electron chi connectivity index (χ0n) is 9.47. The fourth-order valence-corrected chi connectivity index (χ4v) is 2.16. The van der Waals surface area contributed by atoms with Gasteiger partial charge in [0.1, 0.15) is 18.5 Å². The van der Waals surface area contributed by atoms with Crippen molar-refractivity contribution < 1.29 is 14.9 Å². The SMILES string of the molecule is Nc1ncnn2c([C@H]3C[C@H](O)[C@@H](CO)O3)cnc12. The molecule has 0 radical (unpaired) electrons. The molecule has 3 atom stereocenters. The van der Waals surface area contributed by atoms with Crippen LogP contribution in [0.2, 0.25) is 0 Å². The first kappa shape index (κ1) is 11.3. The number of nitrogens with zero attached hydrogens (tertiary/aromatic N) is 4. The van der Waals surface area contributed by atoms with E-state index in [9.17, 15) is 5.11 Å². The molecule has 0 spiro atoms. The fourth-order valence-electron chi connectivity index (χ4n) is 2.16. The standard InChI is InChI=1S/C10H13N5O3/c11-9-10-12-2-5(15(10)14-4-13-9)7-1-6(17)8(3-16)18-7/h2,4,6-8,16-17H,1,3H2,(H2,11,13,14)/t6-,7+,8+/m0/s1. The molecule has 3 rings (SSSR count). The Kier molecular flexibility index (Phi) is 2.62. The van der Waals surface area contributed by atoms with Crippen LogP contribution >= 0.6 is 0 Å². The van der Waals surface area contributed by atoms with Crippen molar-refractivity contribution in [2.24, 2.45) is 0 Å². The van der Waals surface area contributed by atoms with Crippen molar-refractivity contribution in [2.45, 2.75) is 24.7 Å². The molecule has 4 N–H and O–H groups in total. The minimum absolute atomic E-state index is 0.217. The van der Waals surface area contributed by atoms with Gasteiger partial charge in [0.25, 0.3) is 0 Å². The van der Waals surface area contributed by atoms with Gasteiger partial charge in [-0.1, -0.05) is 0 Å². The minimum Gasteiger partial charge on any atom is -0.394 e. The van der Waals surface area contributed by atoms with Crippen LogP contribution < -0.4 is 5.73 Å². The van der Waals surface area contributed by atoms with E-state index < -0.39 is 12.2 Å². The molecular weight excluding hydrogens is 238 g/mol. The number of aliphatic hydroxyl groups is 2. The number of aromatic nitrogens is 4. The highest BCUT2D eigenvalue weighted by atomic mass is 16.5. The van der Waals surface area contributed by atoms with Crippen LogP contribution in [0.25, 0.3) is 5.65 Å².